The molecule has 1 aromatic heterocycles. The first-order chi connectivity index (χ1) is 8.81. The van der Waals surface area contributed by atoms with Gasteiger partial charge in [-0.15, -0.1) is 0 Å². The third-order valence-corrected chi connectivity index (χ3v) is 2.20. The van der Waals surface area contributed by atoms with Crippen molar-refractivity contribution in [3.05, 3.63) is 48.5 Å². The van der Waals surface area contributed by atoms with Crippen LogP contribution < -0.4 is 10.1 Å². The molecule has 1 heterocycles. The Morgan fingerprint density at radius 3 is 2.67 bits per heavy atom. The van der Waals surface area contributed by atoms with Crippen molar-refractivity contribution >= 4 is 11.6 Å². The maximum absolute atomic E-state index is 11.9. The van der Waals surface area contributed by atoms with E-state index in [-0.39, 0.29) is 11.7 Å². The number of hydrogen-bond donors (Lipinski definition) is 1. The van der Waals surface area contributed by atoms with Gasteiger partial charge in [-0.05, 0) is 25.1 Å². The Morgan fingerprint density at radius 1 is 1.22 bits per heavy atom. The summed E-state index contributed by atoms with van der Waals surface area (Å²) in [5.74, 6) is 0.399. The zero-order valence-electron chi connectivity index (χ0n) is 9.96. The lowest BCUT2D eigenvalue weighted by atomic mass is 10.3. The van der Waals surface area contributed by atoms with Gasteiger partial charge in [0.15, 0.2) is 0 Å². The van der Waals surface area contributed by atoms with Gasteiger partial charge in [0.05, 0.1) is 12.3 Å². The van der Waals surface area contributed by atoms with Crippen LogP contribution in [-0.4, -0.2) is 22.5 Å². The van der Waals surface area contributed by atoms with Crippen LogP contribution >= 0.6 is 0 Å². The number of amides is 1. The van der Waals surface area contributed by atoms with Gasteiger partial charge in [0.2, 0.25) is 5.82 Å². The number of anilines is 1. The number of carbonyl (C=O) groups excluding carboxylic acids is 1. The molecule has 5 heteroatoms. The summed E-state index contributed by atoms with van der Waals surface area (Å²) in [5, 5.41) is 2.72. The molecule has 0 aliphatic heterocycles. The van der Waals surface area contributed by atoms with Crippen molar-refractivity contribution in [2.45, 2.75) is 6.92 Å². The molecular weight excluding hydrogens is 230 g/mol. The van der Waals surface area contributed by atoms with Crippen LogP contribution in [-0.2, 0) is 0 Å². The van der Waals surface area contributed by atoms with Crippen molar-refractivity contribution in [3.63, 3.8) is 0 Å². The number of benzene rings is 1. The quantitative estimate of drug-likeness (QED) is 0.893. The summed E-state index contributed by atoms with van der Waals surface area (Å²) in [6.45, 7) is 2.42. The highest BCUT2D eigenvalue weighted by Crippen LogP contribution is 2.23. The van der Waals surface area contributed by atoms with Gasteiger partial charge in [-0.1, -0.05) is 12.1 Å². The molecule has 5 nitrogen and oxygen atoms in total. The average molecular weight is 243 g/mol. The molecule has 0 saturated carbocycles. The molecule has 18 heavy (non-hydrogen) atoms. The minimum atomic E-state index is -0.359. The SMILES string of the molecule is CCOc1ccccc1NC(=O)c1ncccn1. The molecule has 0 saturated heterocycles. The number of carbonyl (C=O) groups is 1. The molecule has 2 aromatic rings. The highest BCUT2D eigenvalue weighted by Gasteiger charge is 2.11. The zero-order chi connectivity index (χ0) is 12.8. The maximum atomic E-state index is 11.9. The number of nitrogens with zero attached hydrogens (tertiary/aromatic N) is 2. The van der Waals surface area contributed by atoms with Crippen molar-refractivity contribution in [1.82, 2.24) is 9.97 Å². The van der Waals surface area contributed by atoms with Crippen LogP contribution in [0.15, 0.2) is 42.7 Å². The van der Waals surface area contributed by atoms with Crippen LogP contribution in [0.2, 0.25) is 0 Å². The van der Waals surface area contributed by atoms with E-state index in [0.717, 1.165) is 0 Å². The molecule has 0 aliphatic carbocycles. The van der Waals surface area contributed by atoms with Crippen LogP contribution in [0.5, 0.6) is 5.75 Å². The van der Waals surface area contributed by atoms with Gasteiger partial charge in [0, 0.05) is 12.4 Å². The Bertz CT molecular complexity index is 529. The van der Waals surface area contributed by atoms with E-state index in [9.17, 15) is 4.79 Å². The lowest BCUT2D eigenvalue weighted by Crippen LogP contribution is -2.15. The molecule has 1 amide bonds. The topological polar surface area (TPSA) is 64.1 Å². The predicted molar refractivity (Wildman–Crippen MR) is 67.6 cm³/mol. The number of hydrogen-bond acceptors (Lipinski definition) is 4. The van der Waals surface area contributed by atoms with Gasteiger partial charge >= 0.3 is 0 Å². The van der Waals surface area contributed by atoms with Crippen molar-refractivity contribution < 1.29 is 9.53 Å². The van der Waals surface area contributed by atoms with Crippen LogP contribution in [0, 0.1) is 0 Å². The minimum Gasteiger partial charge on any atom is -0.492 e. The van der Waals surface area contributed by atoms with Gasteiger partial charge in [-0.3, -0.25) is 4.79 Å². The van der Waals surface area contributed by atoms with Crippen molar-refractivity contribution in [1.29, 1.82) is 0 Å². The van der Waals surface area contributed by atoms with Crippen LogP contribution in [0.3, 0.4) is 0 Å². The normalized spacial score (nSPS) is 9.83. The molecule has 0 aliphatic rings. The third-order valence-electron chi connectivity index (χ3n) is 2.20. The molecule has 0 fully saturated rings. The van der Waals surface area contributed by atoms with E-state index in [2.05, 4.69) is 15.3 Å². The summed E-state index contributed by atoms with van der Waals surface area (Å²) in [5.41, 5.74) is 0.608. The Morgan fingerprint density at radius 2 is 1.94 bits per heavy atom. The summed E-state index contributed by atoms with van der Waals surface area (Å²) in [4.78, 5) is 19.7. The lowest BCUT2D eigenvalue weighted by molar-refractivity contribution is 0.101. The maximum Gasteiger partial charge on any atom is 0.293 e. The number of nitrogens with one attached hydrogen (secondary N) is 1. The number of aromatic nitrogens is 2. The second-order valence-electron chi connectivity index (χ2n) is 3.46. The molecular formula is C13H13N3O2. The van der Waals surface area contributed by atoms with E-state index in [1.807, 2.05) is 19.1 Å². The molecule has 1 aromatic carbocycles. The van der Waals surface area contributed by atoms with Gasteiger partial charge in [-0.2, -0.15) is 0 Å². The number of rotatable bonds is 4. The second kappa shape index (κ2) is 5.77. The molecule has 0 radical (unpaired) electrons. The van der Waals surface area contributed by atoms with E-state index in [4.69, 9.17) is 4.74 Å². The summed E-state index contributed by atoms with van der Waals surface area (Å²) < 4.78 is 5.42. The largest absolute Gasteiger partial charge is 0.492 e. The van der Waals surface area contributed by atoms with E-state index in [1.165, 1.54) is 12.4 Å². The molecule has 2 rings (SSSR count). The standard InChI is InChI=1S/C13H13N3O2/c1-2-18-11-7-4-3-6-10(11)16-13(17)12-14-8-5-9-15-12/h3-9H,2H2,1H3,(H,16,17). The summed E-state index contributed by atoms with van der Waals surface area (Å²) >= 11 is 0. The molecule has 0 atom stereocenters. The monoisotopic (exact) mass is 243 g/mol. The second-order valence-corrected chi connectivity index (χ2v) is 3.46. The Balaban J connectivity index is 2.17. The van der Waals surface area contributed by atoms with E-state index in [1.54, 1.807) is 18.2 Å². The Kier molecular flexibility index (Phi) is 3.86. The van der Waals surface area contributed by atoms with Gasteiger partial charge in [-0.25, -0.2) is 9.97 Å². The smallest absolute Gasteiger partial charge is 0.293 e. The lowest BCUT2D eigenvalue weighted by Gasteiger charge is -2.10. The molecule has 92 valence electrons. The Hall–Kier alpha value is -2.43. The van der Waals surface area contributed by atoms with E-state index < -0.39 is 0 Å². The van der Waals surface area contributed by atoms with Gasteiger partial charge < -0.3 is 10.1 Å². The fourth-order valence-corrected chi connectivity index (χ4v) is 1.45. The van der Waals surface area contributed by atoms with E-state index >= 15 is 0 Å². The Labute approximate surface area is 105 Å². The summed E-state index contributed by atoms with van der Waals surface area (Å²) in [7, 11) is 0. The number of ether oxygens (including phenoxy) is 1. The summed E-state index contributed by atoms with van der Waals surface area (Å²) in [6, 6.07) is 8.89. The van der Waals surface area contributed by atoms with Crippen LogP contribution in [0.25, 0.3) is 0 Å². The zero-order valence-corrected chi connectivity index (χ0v) is 9.96. The first kappa shape index (κ1) is 12.0. The minimum absolute atomic E-state index is 0.129. The van der Waals surface area contributed by atoms with Crippen molar-refractivity contribution in [2.75, 3.05) is 11.9 Å². The fraction of sp³-hybridized carbons (Fsp3) is 0.154. The first-order valence-electron chi connectivity index (χ1n) is 5.61. The molecule has 0 bridgehead atoms. The van der Waals surface area contributed by atoms with Gasteiger partial charge in [0.1, 0.15) is 5.75 Å². The fourth-order valence-electron chi connectivity index (χ4n) is 1.45. The average Bonchev–Trinajstić information content (AvgIpc) is 2.42. The van der Waals surface area contributed by atoms with Gasteiger partial charge in [0.25, 0.3) is 5.91 Å². The van der Waals surface area contributed by atoms with Crippen molar-refractivity contribution in [2.24, 2.45) is 0 Å². The summed E-state index contributed by atoms with van der Waals surface area (Å²) in [6.07, 6.45) is 3.05. The van der Waals surface area contributed by atoms with Crippen molar-refractivity contribution in [3.8, 4) is 5.75 Å². The third kappa shape index (κ3) is 2.82. The first-order valence-corrected chi connectivity index (χ1v) is 5.61. The highest BCUT2D eigenvalue weighted by molar-refractivity contribution is 6.02. The number of para-hydroxylation sites is 2. The molecule has 0 spiro atoms. The van der Waals surface area contributed by atoms with E-state index in [0.29, 0.717) is 18.0 Å². The molecule has 1 N–H and O–H groups in total. The highest BCUT2D eigenvalue weighted by atomic mass is 16.5. The van der Waals surface area contributed by atoms with Crippen LogP contribution in [0.1, 0.15) is 17.5 Å². The molecule has 0 unspecified atom stereocenters. The van der Waals surface area contributed by atoms with Crippen LogP contribution in [0.4, 0.5) is 5.69 Å². The predicted octanol–water partition coefficient (Wildman–Crippen LogP) is 2.13.